The fourth-order valence-electron chi connectivity index (χ4n) is 6.37. The summed E-state index contributed by atoms with van der Waals surface area (Å²) in [4.78, 5) is 15.4. The zero-order chi connectivity index (χ0) is 25.1. The fraction of sp³-hybridized carbons (Fsp3) is 0.387. The van der Waals surface area contributed by atoms with Crippen LogP contribution in [0.4, 0.5) is 8.78 Å². The number of carbonyl (C=O) groups excluding carboxylic acids is 1. The van der Waals surface area contributed by atoms with Crippen LogP contribution in [0.5, 0.6) is 0 Å². The van der Waals surface area contributed by atoms with Crippen molar-refractivity contribution in [2.45, 2.75) is 65.7 Å². The molecule has 4 aliphatic carbocycles. The molecule has 4 fully saturated rings. The van der Waals surface area contributed by atoms with E-state index in [1.807, 2.05) is 0 Å². The van der Waals surface area contributed by atoms with Crippen LogP contribution in [0, 0.1) is 23.7 Å². The van der Waals surface area contributed by atoms with E-state index < -0.39 is 11.9 Å². The molecule has 4 aliphatic rings. The van der Waals surface area contributed by atoms with Gasteiger partial charge in [0, 0.05) is 6.92 Å². The standard InChI is InChI=1S/C18H15S.C13H18F2O2/c1-4-10-16(11-5-1)19(17-12-6-2-7-13-17)18-14-8-3-9-15-18;1-13(14,15)12(16)17-11-9-3-7-2-8(5-9)6-10(11)4-7/h1-15H;7-11H,2-6H2,1H3/q+1;. The Balaban J connectivity index is 0.000000149. The second-order valence-electron chi connectivity index (χ2n) is 10.4. The molecule has 0 atom stereocenters. The molecule has 36 heavy (non-hydrogen) atoms. The van der Waals surface area contributed by atoms with Crippen molar-refractivity contribution in [2.75, 3.05) is 0 Å². The van der Waals surface area contributed by atoms with Gasteiger partial charge in [-0.15, -0.1) is 0 Å². The zero-order valence-electron chi connectivity index (χ0n) is 20.6. The Morgan fingerprint density at radius 3 is 1.39 bits per heavy atom. The molecule has 0 heterocycles. The number of ether oxygens (including phenoxy) is 1. The molecule has 0 amide bonds. The Hall–Kier alpha value is -2.66. The van der Waals surface area contributed by atoms with Gasteiger partial charge in [0.25, 0.3) is 0 Å². The Labute approximate surface area is 215 Å². The van der Waals surface area contributed by atoms with Gasteiger partial charge in [-0.2, -0.15) is 8.78 Å². The number of rotatable bonds is 5. The van der Waals surface area contributed by atoms with Crippen LogP contribution in [-0.4, -0.2) is 18.0 Å². The molecule has 2 nitrogen and oxygen atoms in total. The maximum atomic E-state index is 12.9. The lowest BCUT2D eigenvalue weighted by molar-refractivity contribution is -0.193. The number of esters is 1. The van der Waals surface area contributed by atoms with Crippen molar-refractivity contribution in [2.24, 2.45) is 23.7 Å². The summed E-state index contributed by atoms with van der Waals surface area (Å²) in [6, 6.07) is 32.2. The lowest BCUT2D eigenvalue weighted by atomic mass is 9.55. The third-order valence-electron chi connectivity index (χ3n) is 7.68. The maximum Gasteiger partial charge on any atom is 0.376 e. The summed E-state index contributed by atoms with van der Waals surface area (Å²) in [5, 5.41) is 0. The van der Waals surface area contributed by atoms with Gasteiger partial charge in [-0.3, -0.25) is 0 Å². The van der Waals surface area contributed by atoms with Crippen molar-refractivity contribution in [3.05, 3.63) is 91.0 Å². The molecule has 3 aromatic carbocycles. The van der Waals surface area contributed by atoms with Gasteiger partial charge in [0.2, 0.25) is 0 Å². The fourth-order valence-corrected chi connectivity index (χ4v) is 8.48. The minimum absolute atomic E-state index is 0.0146. The van der Waals surface area contributed by atoms with Gasteiger partial charge < -0.3 is 4.74 Å². The average molecular weight is 508 g/mol. The highest BCUT2D eigenvalue weighted by molar-refractivity contribution is 7.97. The van der Waals surface area contributed by atoms with Crippen molar-refractivity contribution in [3.8, 4) is 0 Å². The van der Waals surface area contributed by atoms with Crippen LogP contribution in [0.1, 0.15) is 39.0 Å². The van der Waals surface area contributed by atoms with E-state index in [-0.39, 0.29) is 17.0 Å². The molecular weight excluding hydrogens is 474 g/mol. The molecule has 4 bridgehead atoms. The van der Waals surface area contributed by atoms with Crippen molar-refractivity contribution in [1.82, 2.24) is 0 Å². The topological polar surface area (TPSA) is 26.3 Å². The smallest absolute Gasteiger partial charge is 0.376 e. The van der Waals surface area contributed by atoms with Gasteiger partial charge in [-0.1, -0.05) is 54.6 Å². The predicted molar refractivity (Wildman–Crippen MR) is 139 cm³/mol. The SMILES string of the molecule is CC(F)(F)C(=O)OC1C2CC3CC(C2)CC1C3.c1ccc([S+](c2ccccc2)c2ccccc2)cc1. The van der Waals surface area contributed by atoms with Crippen LogP contribution < -0.4 is 0 Å². The van der Waals surface area contributed by atoms with Crippen LogP contribution >= 0.6 is 0 Å². The summed E-state index contributed by atoms with van der Waals surface area (Å²) in [5.74, 6) is -2.48. The van der Waals surface area contributed by atoms with Crippen LogP contribution in [0.25, 0.3) is 0 Å². The Morgan fingerprint density at radius 1 is 0.694 bits per heavy atom. The second-order valence-corrected chi connectivity index (χ2v) is 12.5. The predicted octanol–water partition coefficient (Wildman–Crippen LogP) is 7.79. The van der Waals surface area contributed by atoms with Gasteiger partial charge in [0.05, 0.1) is 10.9 Å². The highest BCUT2D eigenvalue weighted by atomic mass is 32.2. The summed E-state index contributed by atoms with van der Waals surface area (Å²) in [6.07, 6.45) is 5.35. The monoisotopic (exact) mass is 507 g/mol. The molecule has 5 heteroatoms. The van der Waals surface area contributed by atoms with Gasteiger partial charge in [0.15, 0.2) is 14.7 Å². The molecule has 0 aromatic heterocycles. The minimum atomic E-state index is -3.35. The number of alkyl halides is 2. The molecule has 0 N–H and O–H groups in total. The van der Waals surface area contributed by atoms with E-state index in [1.165, 1.54) is 21.1 Å². The van der Waals surface area contributed by atoms with Crippen molar-refractivity contribution in [1.29, 1.82) is 0 Å². The molecule has 3 aromatic rings. The summed E-state index contributed by atoms with van der Waals surface area (Å²) in [5.41, 5.74) is 0. The summed E-state index contributed by atoms with van der Waals surface area (Å²) >= 11 is 0. The first-order valence-corrected chi connectivity index (χ1v) is 14.1. The van der Waals surface area contributed by atoms with Crippen molar-refractivity contribution in [3.63, 3.8) is 0 Å². The van der Waals surface area contributed by atoms with Crippen LogP contribution in [0.2, 0.25) is 0 Å². The van der Waals surface area contributed by atoms with Crippen molar-refractivity contribution >= 4 is 16.9 Å². The van der Waals surface area contributed by atoms with E-state index in [2.05, 4.69) is 91.0 Å². The van der Waals surface area contributed by atoms with Gasteiger partial charge >= 0.3 is 11.9 Å². The highest BCUT2D eigenvalue weighted by Gasteiger charge is 2.51. The number of hydrogen-bond acceptors (Lipinski definition) is 2. The van der Waals surface area contributed by atoms with E-state index in [9.17, 15) is 13.6 Å². The third kappa shape index (κ3) is 5.67. The summed E-state index contributed by atoms with van der Waals surface area (Å²) in [6.45, 7) is 0.616. The van der Waals surface area contributed by atoms with E-state index in [0.29, 0.717) is 18.8 Å². The minimum Gasteiger partial charge on any atom is -0.457 e. The maximum absolute atomic E-state index is 12.9. The molecule has 0 radical (unpaired) electrons. The molecule has 0 spiro atoms. The molecule has 4 saturated carbocycles. The van der Waals surface area contributed by atoms with Crippen LogP contribution in [0.3, 0.4) is 0 Å². The molecule has 0 unspecified atom stereocenters. The van der Waals surface area contributed by atoms with E-state index >= 15 is 0 Å². The number of benzene rings is 3. The largest absolute Gasteiger partial charge is 0.457 e. The molecule has 7 rings (SSSR count). The lowest BCUT2D eigenvalue weighted by Gasteiger charge is -2.53. The van der Waals surface area contributed by atoms with Gasteiger partial charge in [-0.05, 0) is 92.2 Å². The van der Waals surface area contributed by atoms with Crippen molar-refractivity contribution < 1.29 is 18.3 Å². The first kappa shape index (κ1) is 25.0. The van der Waals surface area contributed by atoms with E-state index in [1.54, 1.807) is 0 Å². The number of halogens is 2. The van der Waals surface area contributed by atoms with Crippen LogP contribution in [-0.2, 0) is 20.4 Å². The Morgan fingerprint density at radius 2 is 1.06 bits per heavy atom. The molecular formula is C31H33F2O2S+. The second kappa shape index (κ2) is 10.8. The zero-order valence-corrected chi connectivity index (χ0v) is 21.4. The van der Waals surface area contributed by atoms with Crippen LogP contribution in [0.15, 0.2) is 106 Å². The van der Waals surface area contributed by atoms with E-state index in [0.717, 1.165) is 37.5 Å². The number of carbonyl (C=O) groups is 1. The van der Waals surface area contributed by atoms with Gasteiger partial charge in [-0.25, -0.2) is 4.79 Å². The first-order valence-electron chi connectivity index (χ1n) is 12.9. The normalized spacial score (nSPS) is 26.3. The quantitative estimate of drug-likeness (QED) is 0.260. The molecule has 188 valence electrons. The molecule has 0 saturated heterocycles. The van der Waals surface area contributed by atoms with E-state index in [4.69, 9.17) is 4.74 Å². The Kier molecular flexibility index (Phi) is 7.47. The number of hydrogen-bond donors (Lipinski definition) is 0. The third-order valence-corrected chi connectivity index (χ3v) is 9.91. The molecule has 0 aliphatic heterocycles. The average Bonchev–Trinajstić information content (AvgIpc) is 2.88. The summed E-state index contributed by atoms with van der Waals surface area (Å²) in [7, 11) is -0.0146. The summed E-state index contributed by atoms with van der Waals surface area (Å²) < 4.78 is 30.8. The highest BCUT2D eigenvalue weighted by Crippen LogP contribution is 2.54. The Bertz CT molecular complexity index is 1010. The van der Waals surface area contributed by atoms with Gasteiger partial charge in [0.1, 0.15) is 6.10 Å². The first-order chi connectivity index (χ1) is 17.4. The lowest BCUT2D eigenvalue weighted by Crippen LogP contribution is -2.51.